The van der Waals surface area contributed by atoms with Crippen LogP contribution in [0.1, 0.15) is 34.6 Å². The predicted molar refractivity (Wildman–Crippen MR) is 89.0 cm³/mol. The Morgan fingerprint density at radius 2 is 1.96 bits per heavy atom. The summed E-state index contributed by atoms with van der Waals surface area (Å²) in [5, 5.41) is 6.73. The number of hydrogen-bond acceptors (Lipinski definition) is 3. The molecule has 0 saturated heterocycles. The minimum atomic E-state index is -0.366. The van der Waals surface area contributed by atoms with Gasteiger partial charge in [-0.3, -0.25) is 4.79 Å². The third kappa shape index (κ3) is 3.35. The minimum absolute atomic E-state index is 0.0923. The first kappa shape index (κ1) is 15.9. The van der Waals surface area contributed by atoms with E-state index >= 15 is 0 Å². The lowest BCUT2D eigenvalue weighted by molar-refractivity contribution is 0.0902. The predicted octanol–water partition coefficient (Wildman–Crippen LogP) is 4.28. The molecule has 3 rings (SSSR count). The van der Waals surface area contributed by atoms with Gasteiger partial charge in [-0.15, -0.1) is 0 Å². The van der Waals surface area contributed by atoms with Crippen LogP contribution in [-0.2, 0) is 0 Å². The number of carbonyl (C=O) groups excluding carboxylic acids is 1. The van der Waals surface area contributed by atoms with Gasteiger partial charge in [0.1, 0.15) is 11.5 Å². The van der Waals surface area contributed by atoms with Gasteiger partial charge in [-0.2, -0.15) is 0 Å². The summed E-state index contributed by atoms with van der Waals surface area (Å²) in [6, 6.07) is 15.2. The smallest absolute Gasteiger partial charge is 0.290 e. The number of carbonyl (C=O) groups is 1. The van der Waals surface area contributed by atoms with E-state index in [1.54, 1.807) is 12.1 Å². The molecule has 1 heterocycles. The number of amides is 1. The molecule has 5 heteroatoms. The van der Waals surface area contributed by atoms with Crippen molar-refractivity contribution in [2.45, 2.75) is 19.9 Å². The average Bonchev–Trinajstić information content (AvgIpc) is 3.05. The number of benzene rings is 2. The van der Waals surface area contributed by atoms with Crippen LogP contribution in [-0.4, -0.2) is 11.1 Å². The van der Waals surface area contributed by atoms with Crippen LogP contribution in [0.25, 0.3) is 11.3 Å². The Kier molecular flexibility index (Phi) is 4.42. The number of hydrogen-bond donors (Lipinski definition) is 1. The van der Waals surface area contributed by atoms with Crippen molar-refractivity contribution in [2.75, 3.05) is 0 Å². The molecule has 1 atom stereocenters. The number of aromatic nitrogens is 1. The zero-order chi connectivity index (χ0) is 17.1. The van der Waals surface area contributed by atoms with Gasteiger partial charge in [0, 0.05) is 11.6 Å². The second-order valence-electron chi connectivity index (χ2n) is 5.64. The molecule has 122 valence electrons. The van der Waals surface area contributed by atoms with Crippen molar-refractivity contribution in [3.8, 4) is 11.3 Å². The summed E-state index contributed by atoms with van der Waals surface area (Å²) in [6.45, 7) is 3.90. The number of halogens is 1. The molecule has 4 nitrogen and oxygen atoms in total. The van der Waals surface area contributed by atoms with Crippen molar-refractivity contribution in [1.29, 1.82) is 0 Å². The van der Waals surface area contributed by atoms with Crippen molar-refractivity contribution in [3.63, 3.8) is 0 Å². The van der Waals surface area contributed by atoms with Crippen LogP contribution in [0.4, 0.5) is 4.39 Å². The number of nitrogens with one attached hydrogen (secondary N) is 1. The maximum Gasteiger partial charge on any atom is 0.290 e. The minimum Gasteiger partial charge on any atom is -0.350 e. The zero-order valence-electron chi connectivity index (χ0n) is 13.4. The van der Waals surface area contributed by atoms with E-state index < -0.39 is 0 Å². The van der Waals surface area contributed by atoms with Gasteiger partial charge in [-0.05, 0) is 37.1 Å². The molecule has 0 saturated carbocycles. The van der Waals surface area contributed by atoms with Crippen LogP contribution in [0.5, 0.6) is 0 Å². The van der Waals surface area contributed by atoms with Gasteiger partial charge < -0.3 is 9.84 Å². The Balaban J connectivity index is 1.76. The highest BCUT2D eigenvalue weighted by Crippen LogP contribution is 2.21. The zero-order valence-corrected chi connectivity index (χ0v) is 13.4. The van der Waals surface area contributed by atoms with E-state index in [2.05, 4.69) is 10.5 Å². The Bertz CT molecular complexity index is 873. The molecule has 1 N–H and O–H groups in total. The van der Waals surface area contributed by atoms with Crippen molar-refractivity contribution in [3.05, 3.63) is 77.3 Å². The van der Waals surface area contributed by atoms with Crippen LogP contribution in [0.2, 0.25) is 0 Å². The van der Waals surface area contributed by atoms with Gasteiger partial charge in [0.2, 0.25) is 5.76 Å². The lowest BCUT2D eigenvalue weighted by atomic mass is 10.0. The fraction of sp³-hybridized carbons (Fsp3) is 0.158. The first-order valence-electron chi connectivity index (χ1n) is 7.63. The third-order valence-corrected chi connectivity index (χ3v) is 3.86. The van der Waals surface area contributed by atoms with Gasteiger partial charge in [-0.1, -0.05) is 41.6 Å². The Hall–Kier alpha value is -2.95. The highest BCUT2D eigenvalue weighted by molar-refractivity contribution is 5.92. The van der Waals surface area contributed by atoms with E-state index in [1.165, 1.54) is 18.2 Å². The molecule has 0 fully saturated rings. The van der Waals surface area contributed by atoms with E-state index in [0.717, 1.165) is 11.1 Å². The molecule has 0 radical (unpaired) electrons. The topological polar surface area (TPSA) is 55.1 Å². The second kappa shape index (κ2) is 6.66. The van der Waals surface area contributed by atoms with E-state index in [-0.39, 0.29) is 23.5 Å². The van der Waals surface area contributed by atoms with Crippen LogP contribution in [0.3, 0.4) is 0 Å². The Morgan fingerprint density at radius 3 is 2.71 bits per heavy atom. The quantitative estimate of drug-likeness (QED) is 0.779. The average molecular weight is 324 g/mol. The van der Waals surface area contributed by atoms with Gasteiger partial charge in [0.05, 0.1) is 6.04 Å². The standard InChI is InChI=1S/C19H17FN2O2/c1-12-6-3-4-9-16(12)13(2)21-19(23)18-11-17(22-24-18)14-7-5-8-15(20)10-14/h3-11,13H,1-2H3,(H,21,23). The lowest BCUT2D eigenvalue weighted by Gasteiger charge is -2.15. The summed E-state index contributed by atoms with van der Waals surface area (Å²) in [6.07, 6.45) is 0. The maximum atomic E-state index is 13.3. The molecule has 3 aromatic rings. The van der Waals surface area contributed by atoms with E-state index in [1.807, 2.05) is 38.1 Å². The Morgan fingerprint density at radius 1 is 1.17 bits per heavy atom. The number of aryl methyl sites for hydroxylation is 1. The second-order valence-corrected chi connectivity index (χ2v) is 5.64. The summed E-state index contributed by atoms with van der Waals surface area (Å²) in [5.41, 5.74) is 3.12. The molecule has 0 spiro atoms. The van der Waals surface area contributed by atoms with Crippen molar-refractivity contribution in [2.24, 2.45) is 0 Å². The molecule has 2 aromatic carbocycles. The summed E-state index contributed by atoms with van der Waals surface area (Å²) in [4.78, 5) is 12.3. The highest BCUT2D eigenvalue weighted by atomic mass is 19.1. The van der Waals surface area contributed by atoms with E-state index in [4.69, 9.17) is 4.52 Å². The van der Waals surface area contributed by atoms with Crippen LogP contribution < -0.4 is 5.32 Å². The normalized spacial score (nSPS) is 12.0. The lowest BCUT2D eigenvalue weighted by Crippen LogP contribution is -2.26. The molecular formula is C19H17FN2O2. The van der Waals surface area contributed by atoms with Gasteiger partial charge >= 0.3 is 0 Å². The van der Waals surface area contributed by atoms with Gasteiger partial charge in [-0.25, -0.2) is 4.39 Å². The van der Waals surface area contributed by atoms with Gasteiger partial charge in [0.25, 0.3) is 5.91 Å². The number of rotatable bonds is 4. The first-order valence-corrected chi connectivity index (χ1v) is 7.63. The van der Waals surface area contributed by atoms with Crippen molar-refractivity contribution >= 4 is 5.91 Å². The van der Waals surface area contributed by atoms with Crippen molar-refractivity contribution in [1.82, 2.24) is 10.5 Å². The van der Waals surface area contributed by atoms with E-state index in [0.29, 0.717) is 11.3 Å². The molecular weight excluding hydrogens is 307 g/mol. The monoisotopic (exact) mass is 324 g/mol. The maximum absolute atomic E-state index is 13.3. The van der Waals surface area contributed by atoms with E-state index in [9.17, 15) is 9.18 Å². The first-order chi connectivity index (χ1) is 11.5. The van der Waals surface area contributed by atoms with Crippen LogP contribution in [0, 0.1) is 12.7 Å². The van der Waals surface area contributed by atoms with Crippen molar-refractivity contribution < 1.29 is 13.7 Å². The molecule has 0 aliphatic rings. The van der Waals surface area contributed by atoms with Crippen LogP contribution >= 0.6 is 0 Å². The largest absolute Gasteiger partial charge is 0.350 e. The Labute approximate surface area is 139 Å². The number of nitrogens with zero attached hydrogens (tertiary/aromatic N) is 1. The molecule has 24 heavy (non-hydrogen) atoms. The summed E-state index contributed by atoms with van der Waals surface area (Å²) in [7, 11) is 0. The fourth-order valence-electron chi connectivity index (χ4n) is 2.58. The van der Waals surface area contributed by atoms with Crippen LogP contribution in [0.15, 0.2) is 59.1 Å². The molecule has 0 aliphatic carbocycles. The summed E-state index contributed by atoms with van der Waals surface area (Å²) >= 11 is 0. The molecule has 1 amide bonds. The summed E-state index contributed by atoms with van der Waals surface area (Å²) < 4.78 is 18.4. The summed E-state index contributed by atoms with van der Waals surface area (Å²) in [5.74, 6) is -0.634. The molecule has 0 bridgehead atoms. The third-order valence-electron chi connectivity index (χ3n) is 3.86. The molecule has 1 unspecified atom stereocenters. The van der Waals surface area contributed by atoms with Gasteiger partial charge in [0.15, 0.2) is 0 Å². The highest BCUT2D eigenvalue weighted by Gasteiger charge is 2.17. The SMILES string of the molecule is Cc1ccccc1C(C)NC(=O)c1cc(-c2cccc(F)c2)no1. The molecule has 1 aromatic heterocycles. The molecule has 0 aliphatic heterocycles. The fourth-order valence-corrected chi connectivity index (χ4v) is 2.58.